The lowest BCUT2D eigenvalue weighted by atomic mass is 10.1. The van der Waals surface area contributed by atoms with Crippen LogP contribution in [0.15, 0.2) is 40.9 Å². The predicted octanol–water partition coefficient (Wildman–Crippen LogP) is 4.08. The van der Waals surface area contributed by atoms with Gasteiger partial charge in [0.05, 0.1) is 16.7 Å². The third kappa shape index (κ3) is 4.04. The summed E-state index contributed by atoms with van der Waals surface area (Å²) in [4.78, 5) is 13.7. The van der Waals surface area contributed by atoms with E-state index in [0.29, 0.717) is 25.0 Å². The summed E-state index contributed by atoms with van der Waals surface area (Å²) in [7, 11) is 0. The highest BCUT2D eigenvalue weighted by Gasteiger charge is 2.30. The molecule has 1 fully saturated rings. The minimum atomic E-state index is -0.128. The van der Waals surface area contributed by atoms with Crippen LogP contribution in [-0.4, -0.2) is 39.6 Å². The second-order valence-corrected chi connectivity index (χ2v) is 9.26. The van der Waals surface area contributed by atoms with E-state index in [1.54, 1.807) is 11.3 Å². The SMILES string of the molecule is C[C@@H](NC(=O)CSc1nnc(-c2cccs2)n1C1CC1)c1ccc2c(c1)OCCO2. The average molecular weight is 443 g/mol. The molecule has 1 aromatic carbocycles. The Hall–Kier alpha value is -2.52. The monoisotopic (exact) mass is 442 g/mol. The summed E-state index contributed by atoms with van der Waals surface area (Å²) in [5.41, 5.74) is 0.985. The standard InChI is InChI=1S/C21H22N4O3S2/c1-13(14-4-7-16-17(11-14)28-9-8-27-16)22-19(26)12-30-21-24-23-20(18-3-2-10-29-18)25(21)15-5-6-15/h2-4,7,10-11,13,15H,5-6,8-9,12H2,1H3,(H,22,26)/t13-/m1/s1. The van der Waals surface area contributed by atoms with Crippen LogP contribution in [0.3, 0.4) is 0 Å². The lowest BCUT2D eigenvalue weighted by Gasteiger charge is -2.21. The second-order valence-electron chi connectivity index (χ2n) is 7.37. The summed E-state index contributed by atoms with van der Waals surface area (Å²) in [6.07, 6.45) is 2.27. The quantitative estimate of drug-likeness (QED) is 0.556. The lowest BCUT2D eigenvalue weighted by molar-refractivity contribution is -0.119. The van der Waals surface area contributed by atoms with Gasteiger partial charge in [-0.3, -0.25) is 9.36 Å². The van der Waals surface area contributed by atoms with Gasteiger partial charge in [-0.25, -0.2) is 0 Å². The van der Waals surface area contributed by atoms with Crippen LogP contribution in [0.4, 0.5) is 0 Å². The summed E-state index contributed by atoms with van der Waals surface area (Å²) in [6.45, 7) is 3.08. The molecule has 1 atom stereocenters. The summed E-state index contributed by atoms with van der Waals surface area (Å²) in [5, 5.41) is 14.7. The van der Waals surface area contributed by atoms with Crippen LogP contribution >= 0.6 is 23.1 Å². The van der Waals surface area contributed by atoms with Crippen molar-refractivity contribution in [2.45, 2.75) is 37.0 Å². The van der Waals surface area contributed by atoms with Crippen LogP contribution < -0.4 is 14.8 Å². The number of nitrogens with zero attached hydrogens (tertiary/aromatic N) is 3. The third-order valence-corrected chi connectivity index (χ3v) is 6.90. The number of hydrogen-bond donors (Lipinski definition) is 1. The average Bonchev–Trinajstić information content (AvgIpc) is 3.28. The highest BCUT2D eigenvalue weighted by atomic mass is 32.2. The Morgan fingerprint density at radius 2 is 2.10 bits per heavy atom. The van der Waals surface area contributed by atoms with Crippen LogP contribution in [0.2, 0.25) is 0 Å². The van der Waals surface area contributed by atoms with Gasteiger partial charge >= 0.3 is 0 Å². The Balaban J connectivity index is 1.23. The molecule has 2 aliphatic rings. The highest BCUT2D eigenvalue weighted by Crippen LogP contribution is 2.41. The number of thioether (sulfide) groups is 1. The van der Waals surface area contributed by atoms with E-state index in [2.05, 4.69) is 26.1 Å². The first-order valence-electron chi connectivity index (χ1n) is 9.99. The zero-order valence-electron chi connectivity index (χ0n) is 16.5. The molecule has 5 rings (SSSR count). The molecule has 1 N–H and O–H groups in total. The van der Waals surface area contributed by atoms with Crippen molar-refractivity contribution in [3.8, 4) is 22.2 Å². The zero-order valence-corrected chi connectivity index (χ0v) is 18.2. The molecule has 1 aliphatic carbocycles. The summed E-state index contributed by atoms with van der Waals surface area (Å²) < 4.78 is 13.4. The fourth-order valence-electron chi connectivity index (χ4n) is 3.44. The molecule has 0 saturated heterocycles. The van der Waals surface area contributed by atoms with E-state index in [-0.39, 0.29) is 11.9 Å². The van der Waals surface area contributed by atoms with Gasteiger partial charge in [-0.15, -0.1) is 21.5 Å². The van der Waals surface area contributed by atoms with Gasteiger partial charge < -0.3 is 14.8 Å². The molecule has 30 heavy (non-hydrogen) atoms. The number of nitrogens with one attached hydrogen (secondary N) is 1. The van der Waals surface area contributed by atoms with Crippen molar-refractivity contribution in [2.24, 2.45) is 0 Å². The van der Waals surface area contributed by atoms with E-state index in [4.69, 9.17) is 9.47 Å². The molecule has 0 spiro atoms. The molecular weight excluding hydrogens is 420 g/mol. The van der Waals surface area contributed by atoms with Gasteiger partial charge in [-0.2, -0.15) is 0 Å². The van der Waals surface area contributed by atoms with Crippen molar-refractivity contribution in [3.05, 3.63) is 41.3 Å². The number of hydrogen-bond acceptors (Lipinski definition) is 7. The van der Waals surface area contributed by atoms with Crippen LogP contribution in [-0.2, 0) is 4.79 Å². The molecular formula is C21H22N4O3S2. The maximum absolute atomic E-state index is 12.6. The molecule has 0 unspecified atom stereocenters. The van der Waals surface area contributed by atoms with Crippen LogP contribution in [0.25, 0.3) is 10.7 Å². The fourth-order valence-corrected chi connectivity index (χ4v) is 4.96. The third-order valence-electron chi connectivity index (χ3n) is 5.09. The lowest BCUT2D eigenvalue weighted by Crippen LogP contribution is -2.28. The largest absolute Gasteiger partial charge is 0.486 e. The van der Waals surface area contributed by atoms with Gasteiger partial charge in [0, 0.05) is 6.04 Å². The van der Waals surface area contributed by atoms with Crippen LogP contribution in [0, 0.1) is 0 Å². The number of aromatic nitrogens is 3. The molecule has 1 amide bonds. The number of carbonyl (C=O) groups is 1. The summed E-state index contributed by atoms with van der Waals surface area (Å²) in [5.74, 6) is 2.64. The molecule has 3 aromatic rings. The molecule has 7 nitrogen and oxygen atoms in total. The molecule has 156 valence electrons. The first-order valence-corrected chi connectivity index (χ1v) is 11.9. The van der Waals surface area contributed by atoms with E-state index >= 15 is 0 Å². The van der Waals surface area contributed by atoms with Crippen molar-refractivity contribution in [1.29, 1.82) is 0 Å². The topological polar surface area (TPSA) is 78.3 Å². The van der Waals surface area contributed by atoms with Gasteiger partial charge in [0.25, 0.3) is 0 Å². The maximum atomic E-state index is 12.6. The van der Waals surface area contributed by atoms with E-state index in [1.165, 1.54) is 11.8 Å². The molecule has 1 saturated carbocycles. The Labute approximate surface area is 182 Å². The summed E-state index contributed by atoms with van der Waals surface area (Å²) in [6, 6.07) is 10.2. The number of rotatable bonds is 7. The number of ether oxygens (including phenoxy) is 2. The molecule has 3 heterocycles. The predicted molar refractivity (Wildman–Crippen MR) is 116 cm³/mol. The van der Waals surface area contributed by atoms with Crippen molar-refractivity contribution in [1.82, 2.24) is 20.1 Å². The van der Waals surface area contributed by atoms with Crippen LogP contribution in [0.1, 0.15) is 37.4 Å². The van der Waals surface area contributed by atoms with Gasteiger partial charge in [0.2, 0.25) is 5.91 Å². The van der Waals surface area contributed by atoms with Gasteiger partial charge in [-0.1, -0.05) is 23.9 Å². The number of amides is 1. The molecule has 0 radical (unpaired) electrons. The molecule has 2 aromatic heterocycles. The van der Waals surface area contributed by atoms with Crippen molar-refractivity contribution < 1.29 is 14.3 Å². The van der Waals surface area contributed by atoms with E-state index in [1.807, 2.05) is 36.6 Å². The number of benzene rings is 1. The van der Waals surface area contributed by atoms with Gasteiger partial charge in [0.1, 0.15) is 13.2 Å². The first kappa shape index (κ1) is 19.4. The van der Waals surface area contributed by atoms with Crippen molar-refractivity contribution in [2.75, 3.05) is 19.0 Å². The van der Waals surface area contributed by atoms with Crippen molar-refractivity contribution in [3.63, 3.8) is 0 Å². The maximum Gasteiger partial charge on any atom is 0.230 e. The Morgan fingerprint density at radius 3 is 2.87 bits per heavy atom. The Bertz CT molecular complexity index is 1050. The van der Waals surface area contributed by atoms with Gasteiger partial charge in [0.15, 0.2) is 22.5 Å². The van der Waals surface area contributed by atoms with E-state index in [0.717, 1.165) is 45.8 Å². The molecule has 0 bridgehead atoms. The highest BCUT2D eigenvalue weighted by molar-refractivity contribution is 7.99. The smallest absolute Gasteiger partial charge is 0.230 e. The Morgan fingerprint density at radius 1 is 1.27 bits per heavy atom. The van der Waals surface area contributed by atoms with E-state index < -0.39 is 0 Å². The van der Waals surface area contributed by atoms with Crippen molar-refractivity contribution >= 4 is 29.0 Å². The molecule has 1 aliphatic heterocycles. The minimum Gasteiger partial charge on any atom is -0.486 e. The zero-order chi connectivity index (χ0) is 20.5. The van der Waals surface area contributed by atoms with Crippen LogP contribution in [0.5, 0.6) is 11.5 Å². The van der Waals surface area contributed by atoms with E-state index in [9.17, 15) is 4.79 Å². The molecule has 9 heteroatoms. The number of fused-ring (bicyclic) bond motifs is 1. The fraction of sp³-hybridized carbons (Fsp3) is 0.381. The Kier molecular flexibility index (Phi) is 5.39. The minimum absolute atomic E-state index is 0.0367. The van der Waals surface area contributed by atoms with Gasteiger partial charge in [-0.05, 0) is 48.9 Å². The second kappa shape index (κ2) is 8.31. The normalized spacial score (nSPS) is 16.3. The summed E-state index contributed by atoms with van der Waals surface area (Å²) >= 11 is 3.10. The number of thiophene rings is 1. The first-order chi connectivity index (χ1) is 14.7. The number of carbonyl (C=O) groups excluding carboxylic acids is 1.